The Balaban J connectivity index is 1.43. The first kappa shape index (κ1) is 26.7. The van der Waals surface area contributed by atoms with Crippen LogP contribution in [0.15, 0.2) is 53.5 Å². The Bertz CT molecular complexity index is 1180. The molecule has 0 bridgehead atoms. The largest absolute Gasteiger partial charge is 0.481 e. The maximum Gasteiger partial charge on any atom is 0.344 e. The number of aliphatic imine (C=N–C) groups is 1. The molecule has 1 N–H and O–H groups in total. The number of aliphatic carboxylic acids is 1. The van der Waals surface area contributed by atoms with Crippen LogP contribution in [0.25, 0.3) is 0 Å². The Kier molecular flexibility index (Phi) is 8.52. The van der Waals surface area contributed by atoms with Gasteiger partial charge >= 0.3 is 12.0 Å². The molecule has 11 heteroatoms. The number of piperazine rings is 1. The van der Waals surface area contributed by atoms with Gasteiger partial charge in [0.1, 0.15) is 10.9 Å². The van der Waals surface area contributed by atoms with Crippen molar-refractivity contribution >= 4 is 35.0 Å². The van der Waals surface area contributed by atoms with E-state index in [9.17, 15) is 24.8 Å². The van der Waals surface area contributed by atoms with Gasteiger partial charge in [-0.1, -0.05) is 54.1 Å². The molecule has 1 saturated heterocycles. The number of amides is 2. The minimum atomic E-state index is -1.17. The molecule has 2 heterocycles. The van der Waals surface area contributed by atoms with Crippen LogP contribution in [0.4, 0.5) is 10.5 Å². The first-order valence-electron chi connectivity index (χ1n) is 12.3. The Morgan fingerprint density at radius 2 is 1.76 bits per heavy atom. The molecule has 0 aromatic heterocycles. The molecule has 0 spiro atoms. The number of rotatable bonds is 9. The van der Waals surface area contributed by atoms with Gasteiger partial charge in [-0.3, -0.25) is 19.8 Å². The number of nitro groups is 1. The zero-order valence-corrected chi connectivity index (χ0v) is 21.4. The van der Waals surface area contributed by atoms with Crippen molar-refractivity contribution in [1.82, 2.24) is 14.7 Å². The van der Waals surface area contributed by atoms with Gasteiger partial charge in [0.05, 0.1) is 11.0 Å². The topological polar surface area (TPSA) is 120 Å². The van der Waals surface area contributed by atoms with Crippen molar-refractivity contribution in [3.05, 3.63) is 74.8 Å². The zero-order chi connectivity index (χ0) is 26.5. The summed E-state index contributed by atoms with van der Waals surface area (Å²) in [6.45, 7) is 7.07. The lowest BCUT2D eigenvalue weighted by Crippen LogP contribution is -2.49. The number of urea groups is 1. The highest BCUT2D eigenvalue weighted by Gasteiger charge is 2.43. The Hall–Kier alpha value is -3.34. The van der Waals surface area contributed by atoms with Crippen LogP contribution < -0.4 is 0 Å². The number of benzene rings is 2. The van der Waals surface area contributed by atoms with Gasteiger partial charge in [0, 0.05) is 56.6 Å². The second-order valence-corrected chi connectivity index (χ2v) is 9.76. The Morgan fingerprint density at radius 3 is 2.41 bits per heavy atom. The van der Waals surface area contributed by atoms with Gasteiger partial charge in [0.15, 0.2) is 0 Å². The van der Waals surface area contributed by atoms with E-state index in [2.05, 4.69) is 26.9 Å². The summed E-state index contributed by atoms with van der Waals surface area (Å²) in [6, 6.07) is 13.1. The van der Waals surface area contributed by atoms with E-state index in [0.29, 0.717) is 6.42 Å². The molecule has 2 aliphatic heterocycles. The van der Waals surface area contributed by atoms with Crippen molar-refractivity contribution in [1.29, 1.82) is 0 Å². The fourth-order valence-corrected chi connectivity index (χ4v) is 5.40. The van der Waals surface area contributed by atoms with Crippen molar-refractivity contribution in [3.63, 3.8) is 0 Å². The molecule has 1 fully saturated rings. The highest BCUT2D eigenvalue weighted by molar-refractivity contribution is 6.33. The summed E-state index contributed by atoms with van der Waals surface area (Å²) < 4.78 is 0. The third-order valence-electron chi connectivity index (χ3n) is 7.00. The van der Waals surface area contributed by atoms with Crippen LogP contribution in [0.3, 0.4) is 0 Å². The lowest BCUT2D eigenvalue weighted by Gasteiger charge is -2.39. The Morgan fingerprint density at radius 1 is 1.08 bits per heavy atom. The fraction of sp³-hybridized carbons (Fsp3) is 0.423. The van der Waals surface area contributed by atoms with Crippen molar-refractivity contribution in [2.45, 2.75) is 25.9 Å². The van der Waals surface area contributed by atoms with E-state index < -0.39 is 28.9 Å². The van der Waals surface area contributed by atoms with Crippen LogP contribution in [0.5, 0.6) is 0 Å². The number of carboxylic acids is 1. The molecular formula is C26H30ClN5O5. The van der Waals surface area contributed by atoms with Gasteiger partial charge in [-0.25, -0.2) is 9.79 Å². The van der Waals surface area contributed by atoms with E-state index in [-0.39, 0.29) is 28.5 Å². The van der Waals surface area contributed by atoms with Crippen LogP contribution in [0.1, 0.15) is 30.5 Å². The number of carbonyl (C=O) groups excluding carboxylic acids is 1. The standard InChI is InChI=1S/C26H30ClN5O5/c1-18-22(25(33)34)24(20-9-5-10-21(23(20)27)32(36)37)31(26(35)28-18)12-6-11-29-13-15-30(16-14-29)17-19-7-3-2-4-8-19/h2-5,7-10,22,24H,6,11-17H2,1H3,(H,33,34). The predicted octanol–water partition coefficient (Wildman–Crippen LogP) is 4.09. The van der Waals surface area contributed by atoms with Crippen molar-refractivity contribution in [2.75, 3.05) is 39.3 Å². The molecule has 0 aliphatic carbocycles. The fourth-order valence-electron chi connectivity index (χ4n) is 5.09. The zero-order valence-electron chi connectivity index (χ0n) is 20.6. The van der Waals surface area contributed by atoms with Crippen molar-refractivity contribution < 1.29 is 19.6 Å². The number of hydrogen-bond acceptors (Lipinski definition) is 6. The summed E-state index contributed by atoms with van der Waals surface area (Å²) >= 11 is 6.37. The van der Waals surface area contributed by atoms with Gasteiger partial charge in [0.2, 0.25) is 0 Å². The van der Waals surface area contributed by atoms with Gasteiger partial charge in [-0.2, -0.15) is 0 Å². The number of nitro benzene ring substituents is 1. The molecule has 2 aliphatic rings. The lowest BCUT2D eigenvalue weighted by molar-refractivity contribution is -0.384. The number of carboxylic acid groups (broad SMARTS) is 1. The number of nitrogens with zero attached hydrogens (tertiary/aromatic N) is 5. The highest BCUT2D eigenvalue weighted by Crippen LogP contribution is 2.40. The molecule has 2 aromatic rings. The summed E-state index contributed by atoms with van der Waals surface area (Å²) in [5.41, 5.74) is 1.34. The number of hydrogen-bond donors (Lipinski definition) is 1. The second kappa shape index (κ2) is 11.8. The van der Waals surface area contributed by atoms with E-state index in [4.69, 9.17) is 11.6 Å². The molecule has 2 unspecified atom stereocenters. The molecule has 0 saturated carbocycles. The third-order valence-corrected chi connectivity index (χ3v) is 7.41. The van der Waals surface area contributed by atoms with E-state index in [0.717, 1.165) is 39.3 Å². The molecule has 196 valence electrons. The maximum atomic E-state index is 12.9. The van der Waals surface area contributed by atoms with Gasteiger partial charge in [-0.05, 0) is 25.5 Å². The molecular weight excluding hydrogens is 498 g/mol. The molecule has 2 aromatic carbocycles. The molecule has 10 nitrogen and oxygen atoms in total. The summed E-state index contributed by atoms with van der Waals surface area (Å²) in [5, 5.41) is 21.3. The molecule has 2 amide bonds. The van der Waals surface area contributed by atoms with E-state index in [1.807, 2.05) is 18.2 Å². The summed E-state index contributed by atoms with van der Waals surface area (Å²) in [6.07, 6.45) is 0.606. The quantitative estimate of drug-likeness (QED) is 0.385. The SMILES string of the molecule is CC1=NC(=O)N(CCCN2CCN(Cc3ccccc3)CC2)C(c2cccc([N+](=O)[O-])c2Cl)C1C(=O)O. The van der Waals surface area contributed by atoms with E-state index in [1.54, 1.807) is 6.07 Å². The minimum Gasteiger partial charge on any atom is -0.481 e. The average Bonchev–Trinajstić information content (AvgIpc) is 2.86. The maximum absolute atomic E-state index is 12.9. The van der Waals surface area contributed by atoms with Crippen LogP contribution in [-0.4, -0.2) is 81.7 Å². The monoisotopic (exact) mass is 527 g/mol. The van der Waals surface area contributed by atoms with Gasteiger partial charge < -0.3 is 14.9 Å². The normalized spacial score (nSPS) is 21.1. The number of carbonyl (C=O) groups is 2. The molecule has 37 heavy (non-hydrogen) atoms. The molecule has 2 atom stereocenters. The van der Waals surface area contributed by atoms with Crippen LogP contribution in [-0.2, 0) is 11.3 Å². The minimum absolute atomic E-state index is 0.149. The van der Waals surface area contributed by atoms with Crippen molar-refractivity contribution in [3.8, 4) is 0 Å². The highest BCUT2D eigenvalue weighted by atomic mass is 35.5. The van der Waals surface area contributed by atoms with E-state index in [1.165, 1.54) is 29.5 Å². The summed E-state index contributed by atoms with van der Waals surface area (Å²) in [4.78, 5) is 46.1. The number of halogens is 1. The van der Waals surface area contributed by atoms with E-state index >= 15 is 0 Å². The summed E-state index contributed by atoms with van der Waals surface area (Å²) in [7, 11) is 0. The van der Waals surface area contributed by atoms with Crippen LogP contribution in [0, 0.1) is 16.0 Å². The van der Waals surface area contributed by atoms with Gasteiger partial charge in [-0.15, -0.1) is 0 Å². The van der Waals surface area contributed by atoms with Crippen LogP contribution >= 0.6 is 11.6 Å². The second-order valence-electron chi connectivity index (χ2n) is 9.38. The molecule has 4 rings (SSSR count). The van der Waals surface area contributed by atoms with Crippen LogP contribution in [0.2, 0.25) is 5.02 Å². The van der Waals surface area contributed by atoms with Crippen molar-refractivity contribution in [2.24, 2.45) is 10.9 Å². The molecule has 0 radical (unpaired) electrons. The summed E-state index contributed by atoms with van der Waals surface area (Å²) in [5.74, 6) is -2.32. The Labute approximate surface area is 220 Å². The third kappa shape index (κ3) is 6.15. The average molecular weight is 528 g/mol. The predicted molar refractivity (Wildman–Crippen MR) is 140 cm³/mol. The first-order chi connectivity index (χ1) is 17.8. The van der Waals surface area contributed by atoms with Gasteiger partial charge in [0.25, 0.3) is 5.69 Å². The lowest BCUT2D eigenvalue weighted by atomic mass is 9.86. The smallest absolute Gasteiger partial charge is 0.344 e. The first-order valence-corrected chi connectivity index (χ1v) is 12.6.